The highest BCUT2D eigenvalue weighted by Crippen LogP contribution is 2.32. The number of hydrogen-bond donors (Lipinski definition) is 1. The highest BCUT2D eigenvalue weighted by atomic mass is 16.1. The number of anilines is 1. The van der Waals surface area contributed by atoms with Crippen LogP contribution in [0.4, 0.5) is 5.82 Å². The van der Waals surface area contributed by atoms with Crippen molar-refractivity contribution in [2.45, 2.75) is 51.9 Å². The molecule has 1 fully saturated rings. The second-order valence-corrected chi connectivity index (χ2v) is 7.25. The maximum Gasteiger partial charge on any atom is 0.224 e. The average Bonchev–Trinajstić information content (AvgIpc) is 3.05. The highest BCUT2D eigenvalue weighted by molar-refractivity contribution is 5.80. The monoisotopic (exact) mass is 341 g/mol. The quantitative estimate of drug-likeness (QED) is 0.927. The van der Waals surface area contributed by atoms with Crippen molar-refractivity contribution in [1.29, 1.82) is 0 Å². The molecule has 0 spiro atoms. The Labute approximate surface area is 148 Å². The van der Waals surface area contributed by atoms with Gasteiger partial charge in [-0.1, -0.05) is 6.92 Å². The third-order valence-electron chi connectivity index (χ3n) is 5.44. The molecule has 0 saturated carbocycles. The van der Waals surface area contributed by atoms with Crippen LogP contribution >= 0.6 is 0 Å². The van der Waals surface area contributed by atoms with Gasteiger partial charge < -0.3 is 10.2 Å². The van der Waals surface area contributed by atoms with Crippen molar-refractivity contribution in [2.24, 2.45) is 5.92 Å². The van der Waals surface area contributed by atoms with E-state index in [0.29, 0.717) is 0 Å². The molecule has 1 amide bonds. The number of carbonyl (C=O) groups is 1. The lowest BCUT2D eigenvalue weighted by Crippen LogP contribution is -2.43. The Morgan fingerprint density at radius 3 is 3.08 bits per heavy atom. The van der Waals surface area contributed by atoms with E-state index in [1.54, 1.807) is 0 Å². The summed E-state index contributed by atoms with van der Waals surface area (Å²) in [4.78, 5) is 19.4. The van der Waals surface area contributed by atoms with Crippen molar-refractivity contribution in [1.82, 2.24) is 19.9 Å². The van der Waals surface area contributed by atoms with E-state index < -0.39 is 0 Å². The van der Waals surface area contributed by atoms with Crippen LogP contribution in [0.2, 0.25) is 0 Å². The molecule has 0 aromatic carbocycles. The van der Waals surface area contributed by atoms with Crippen molar-refractivity contribution < 1.29 is 4.79 Å². The first-order valence-corrected chi connectivity index (χ1v) is 9.65. The molecule has 1 aliphatic heterocycles. The lowest BCUT2D eigenvalue weighted by atomic mass is 9.95. The Bertz CT molecular complexity index is 769. The van der Waals surface area contributed by atoms with Gasteiger partial charge in [-0.15, -0.1) is 0 Å². The Morgan fingerprint density at radius 1 is 1.32 bits per heavy atom. The largest absolute Gasteiger partial charge is 0.356 e. The Morgan fingerprint density at radius 2 is 2.20 bits per heavy atom. The van der Waals surface area contributed by atoms with E-state index in [-0.39, 0.29) is 11.8 Å². The van der Waals surface area contributed by atoms with E-state index in [9.17, 15) is 4.79 Å². The molecule has 2 aliphatic rings. The molecule has 1 aliphatic carbocycles. The Kier molecular flexibility index (Phi) is 4.59. The Hall–Kier alpha value is -2.11. The van der Waals surface area contributed by atoms with E-state index in [1.807, 2.05) is 16.9 Å². The van der Waals surface area contributed by atoms with Crippen LogP contribution in [0.5, 0.6) is 0 Å². The Balaban J connectivity index is 1.63. The summed E-state index contributed by atoms with van der Waals surface area (Å²) < 4.78 is 2.00. The van der Waals surface area contributed by atoms with Gasteiger partial charge >= 0.3 is 0 Å². The molecular weight excluding hydrogens is 314 g/mol. The van der Waals surface area contributed by atoms with Crippen LogP contribution in [-0.2, 0) is 17.6 Å². The van der Waals surface area contributed by atoms with Crippen LogP contribution in [-0.4, -0.2) is 40.1 Å². The predicted octanol–water partition coefficient (Wildman–Crippen LogP) is 2.35. The summed E-state index contributed by atoms with van der Waals surface area (Å²) in [5, 5.41) is 7.83. The van der Waals surface area contributed by atoms with Crippen molar-refractivity contribution >= 4 is 17.2 Å². The first-order chi connectivity index (χ1) is 12.3. The smallest absolute Gasteiger partial charge is 0.224 e. The number of piperidine rings is 1. The topological polar surface area (TPSA) is 62.5 Å². The number of aromatic nitrogens is 3. The SMILES string of the molecule is CCCNC(=O)[C@@H]1CCCN(c2nccn3nc4c(c23)CCCC4)C1. The number of fused-ring (bicyclic) bond motifs is 3. The number of aryl methyl sites for hydroxylation is 2. The molecule has 25 heavy (non-hydrogen) atoms. The predicted molar refractivity (Wildman–Crippen MR) is 97.9 cm³/mol. The molecule has 6 nitrogen and oxygen atoms in total. The average molecular weight is 341 g/mol. The minimum Gasteiger partial charge on any atom is -0.356 e. The third kappa shape index (κ3) is 3.10. The summed E-state index contributed by atoms with van der Waals surface area (Å²) in [5.41, 5.74) is 3.76. The van der Waals surface area contributed by atoms with E-state index in [0.717, 1.165) is 63.1 Å². The van der Waals surface area contributed by atoms with Gasteiger partial charge in [0.05, 0.1) is 11.6 Å². The van der Waals surface area contributed by atoms with Gasteiger partial charge in [0.25, 0.3) is 0 Å². The number of rotatable bonds is 4. The zero-order valence-corrected chi connectivity index (χ0v) is 15.0. The number of hydrogen-bond acceptors (Lipinski definition) is 4. The van der Waals surface area contributed by atoms with Gasteiger partial charge in [-0.3, -0.25) is 4.79 Å². The van der Waals surface area contributed by atoms with Crippen molar-refractivity contribution in [3.05, 3.63) is 23.7 Å². The van der Waals surface area contributed by atoms with Gasteiger partial charge in [-0.2, -0.15) is 5.10 Å². The maximum atomic E-state index is 12.4. The van der Waals surface area contributed by atoms with Crippen LogP contribution in [0, 0.1) is 5.92 Å². The molecule has 134 valence electrons. The number of nitrogens with zero attached hydrogens (tertiary/aromatic N) is 4. The fraction of sp³-hybridized carbons (Fsp3) is 0.632. The zero-order chi connectivity index (χ0) is 17.2. The fourth-order valence-corrected chi connectivity index (χ4v) is 4.15. The van der Waals surface area contributed by atoms with Crippen LogP contribution in [0.1, 0.15) is 50.3 Å². The van der Waals surface area contributed by atoms with Crippen LogP contribution in [0.15, 0.2) is 12.4 Å². The van der Waals surface area contributed by atoms with Crippen molar-refractivity contribution in [2.75, 3.05) is 24.5 Å². The first kappa shape index (κ1) is 16.4. The van der Waals surface area contributed by atoms with Crippen LogP contribution in [0.3, 0.4) is 0 Å². The van der Waals surface area contributed by atoms with Gasteiger partial charge in [0.1, 0.15) is 5.52 Å². The van der Waals surface area contributed by atoms with Gasteiger partial charge in [-0.25, -0.2) is 9.50 Å². The van der Waals surface area contributed by atoms with Gasteiger partial charge in [0.2, 0.25) is 5.91 Å². The van der Waals surface area contributed by atoms with E-state index in [2.05, 4.69) is 17.1 Å². The summed E-state index contributed by atoms with van der Waals surface area (Å²) in [5.74, 6) is 1.25. The van der Waals surface area contributed by atoms with Gasteiger partial charge in [0, 0.05) is 37.6 Å². The van der Waals surface area contributed by atoms with Crippen LogP contribution < -0.4 is 10.2 Å². The summed E-state index contributed by atoms with van der Waals surface area (Å²) >= 11 is 0. The molecule has 1 atom stereocenters. The fourth-order valence-electron chi connectivity index (χ4n) is 4.15. The first-order valence-electron chi connectivity index (χ1n) is 9.65. The summed E-state index contributed by atoms with van der Waals surface area (Å²) in [6.07, 6.45) is 11.4. The number of carbonyl (C=O) groups excluding carboxylic acids is 1. The standard InChI is InChI=1S/C19H27N5O/c1-2-9-21-19(25)14-6-5-11-23(13-14)18-17-15-7-3-4-8-16(15)22-24(17)12-10-20-18/h10,12,14H,2-9,11,13H2,1H3,(H,21,25)/t14-/m1/s1. The number of nitrogens with one attached hydrogen (secondary N) is 1. The molecule has 2 aromatic heterocycles. The molecule has 2 aromatic rings. The molecule has 1 saturated heterocycles. The van der Waals surface area contributed by atoms with E-state index in [1.165, 1.54) is 24.1 Å². The molecule has 0 bridgehead atoms. The van der Waals surface area contributed by atoms with Gasteiger partial charge in [0.15, 0.2) is 5.82 Å². The summed E-state index contributed by atoms with van der Waals surface area (Å²) in [6, 6.07) is 0. The minimum atomic E-state index is 0.0566. The normalized spacial score (nSPS) is 20.5. The maximum absolute atomic E-state index is 12.4. The van der Waals surface area contributed by atoms with Crippen LogP contribution in [0.25, 0.3) is 5.52 Å². The van der Waals surface area contributed by atoms with Crippen molar-refractivity contribution in [3.63, 3.8) is 0 Å². The lowest BCUT2D eigenvalue weighted by molar-refractivity contribution is -0.125. The molecule has 0 unspecified atom stereocenters. The summed E-state index contributed by atoms with van der Waals surface area (Å²) in [6.45, 7) is 4.56. The molecule has 3 heterocycles. The second-order valence-electron chi connectivity index (χ2n) is 7.25. The van der Waals surface area contributed by atoms with E-state index in [4.69, 9.17) is 10.1 Å². The summed E-state index contributed by atoms with van der Waals surface area (Å²) in [7, 11) is 0. The molecule has 6 heteroatoms. The van der Waals surface area contributed by atoms with Crippen molar-refractivity contribution in [3.8, 4) is 0 Å². The molecule has 4 rings (SSSR count). The van der Waals surface area contributed by atoms with Gasteiger partial charge in [-0.05, 0) is 44.9 Å². The lowest BCUT2D eigenvalue weighted by Gasteiger charge is -2.33. The van der Waals surface area contributed by atoms with E-state index >= 15 is 0 Å². The molecule has 0 radical (unpaired) electrons. The molecule has 1 N–H and O–H groups in total. The zero-order valence-electron chi connectivity index (χ0n) is 15.0. The third-order valence-corrected chi connectivity index (χ3v) is 5.44. The molecular formula is C19H27N5O. The second kappa shape index (κ2) is 7.02. The highest BCUT2D eigenvalue weighted by Gasteiger charge is 2.29. The number of amides is 1. The minimum absolute atomic E-state index is 0.0566.